The summed E-state index contributed by atoms with van der Waals surface area (Å²) in [5.74, 6) is -0.687. The van der Waals surface area contributed by atoms with Crippen LogP contribution in [-0.2, 0) is 66.5 Å². The first-order chi connectivity index (χ1) is 23.0. The molecule has 0 aliphatic rings. The second-order valence-corrected chi connectivity index (χ2v) is 9.67. The molecule has 0 aliphatic carbocycles. The molecule has 0 unspecified atom stereocenters. The van der Waals surface area contributed by atoms with Crippen molar-refractivity contribution >= 4 is 17.7 Å². The summed E-state index contributed by atoms with van der Waals surface area (Å²) in [5.41, 5.74) is 0. The SMILES string of the molecule is CCCNC(=O)COC(COCCOCCNC(=O)COCCOCCOC)COCCOCCNC(=O)COCCOCCOC. The summed E-state index contributed by atoms with van der Waals surface area (Å²) in [4.78, 5) is 35.5. The van der Waals surface area contributed by atoms with Crippen molar-refractivity contribution < 1.29 is 66.5 Å². The molecule has 0 bridgehead atoms. The van der Waals surface area contributed by atoms with Crippen LogP contribution in [0.25, 0.3) is 0 Å². The van der Waals surface area contributed by atoms with Crippen molar-refractivity contribution in [3.8, 4) is 0 Å². The summed E-state index contributed by atoms with van der Waals surface area (Å²) in [7, 11) is 3.20. The molecule has 278 valence electrons. The number of nitrogens with one attached hydrogen (secondary N) is 3. The van der Waals surface area contributed by atoms with Gasteiger partial charge in [-0.25, -0.2) is 0 Å². The van der Waals surface area contributed by atoms with Gasteiger partial charge in [-0.3, -0.25) is 14.4 Å². The number of carbonyl (C=O) groups is 3. The number of amides is 3. The molecule has 3 N–H and O–H groups in total. The van der Waals surface area contributed by atoms with Gasteiger partial charge in [-0.05, 0) is 6.42 Å². The van der Waals surface area contributed by atoms with Gasteiger partial charge in [0, 0.05) is 33.9 Å². The van der Waals surface area contributed by atoms with Gasteiger partial charge in [-0.15, -0.1) is 0 Å². The van der Waals surface area contributed by atoms with E-state index in [1.165, 1.54) is 0 Å². The van der Waals surface area contributed by atoms with Gasteiger partial charge in [0.1, 0.15) is 25.9 Å². The van der Waals surface area contributed by atoms with Crippen LogP contribution in [0.2, 0.25) is 0 Å². The van der Waals surface area contributed by atoms with Gasteiger partial charge in [0.2, 0.25) is 17.7 Å². The van der Waals surface area contributed by atoms with Gasteiger partial charge in [0.25, 0.3) is 0 Å². The first-order valence-electron chi connectivity index (χ1n) is 16.0. The Balaban J connectivity index is 3.94. The lowest BCUT2D eigenvalue weighted by Gasteiger charge is -2.18. The predicted octanol–water partition coefficient (Wildman–Crippen LogP) is -1.44. The monoisotopic (exact) mass is 685 g/mol. The maximum absolute atomic E-state index is 11.9. The van der Waals surface area contributed by atoms with Crippen LogP contribution >= 0.6 is 0 Å². The minimum Gasteiger partial charge on any atom is -0.382 e. The highest BCUT2D eigenvalue weighted by Crippen LogP contribution is 1.97. The van der Waals surface area contributed by atoms with Gasteiger partial charge in [0.05, 0.1) is 106 Å². The summed E-state index contributed by atoms with van der Waals surface area (Å²) in [6.07, 6.45) is 0.351. The fourth-order valence-corrected chi connectivity index (χ4v) is 3.20. The molecule has 0 heterocycles. The number of ether oxygens (including phenoxy) is 11. The minimum atomic E-state index is -0.475. The Kier molecular flexibility index (Phi) is 35.2. The van der Waals surface area contributed by atoms with Crippen LogP contribution in [0.15, 0.2) is 0 Å². The smallest absolute Gasteiger partial charge is 0.246 e. The minimum absolute atomic E-state index is 0.0511. The highest BCUT2D eigenvalue weighted by Gasteiger charge is 2.13. The van der Waals surface area contributed by atoms with Crippen LogP contribution < -0.4 is 16.0 Å². The summed E-state index contributed by atoms with van der Waals surface area (Å²) < 4.78 is 58.7. The first-order valence-corrected chi connectivity index (χ1v) is 16.0. The fraction of sp³-hybridized carbons (Fsp3) is 0.900. The Morgan fingerprint density at radius 2 is 0.809 bits per heavy atom. The molecule has 0 saturated heterocycles. The molecule has 0 saturated carbocycles. The van der Waals surface area contributed by atoms with Gasteiger partial charge in [-0.2, -0.15) is 0 Å². The van der Waals surface area contributed by atoms with E-state index in [0.29, 0.717) is 112 Å². The van der Waals surface area contributed by atoms with Crippen molar-refractivity contribution in [1.29, 1.82) is 0 Å². The van der Waals surface area contributed by atoms with Crippen molar-refractivity contribution in [2.24, 2.45) is 0 Å². The van der Waals surface area contributed by atoms with E-state index < -0.39 is 6.10 Å². The number of rotatable bonds is 37. The lowest BCUT2D eigenvalue weighted by molar-refractivity contribution is -0.132. The zero-order chi connectivity index (χ0) is 34.5. The number of methoxy groups -OCH3 is 2. The largest absolute Gasteiger partial charge is 0.382 e. The van der Waals surface area contributed by atoms with Crippen LogP contribution in [0.1, 0.15) is 13.3 Å². The fourth-order valence-electron chi connectivity index (χ4n) is 3.20. The van der Waals surface area contributed by atoms with Gasteiger partial charge in [-0.1, -0.05) is 6.92 Å². The zero-order valence-corrected chi connectivity index (χ0v) is 28.6. The van der Waals surface area contributed by atoms with Crippen molar-refractivity contribution in [1.82, 2.24) is 16.0 Å². The van der Waals surface area contributed by atoms with E-state index >= 15 is 0 Å². The molecule has 3 amide bonds. The van der Waals surface area contributed by atoms with Crippen molar-refractivity contribution in [3.63, 3.8) is 0 Å². The predicted molar refractivity (Wildman–Crippen MR) is 169 cm³/mol. The molecule has 0 aromatic rings. The zero-order valence-electron chi connectivity index (χ0n) is 28.6. The molecule has 0 radical (unpaired) electrons. The van der Waals surface area contributed by atoms with Crippen molar-refractivity contribution in [3.05, 3.63) is 0 Å². The van der Waals surface area contributed by atoms with E-state index in [0.717, 1.165) is 6.42 Å². The third-order valence-corrected chi connectivity index (χ3v) is 5.58. The van der Waals surface area contributed by atoms with Crippen LogP contribution in [-0.4, -0.2) is 183 Å². The standard InChI is InChI=1S/C30H59N3O14/c1-4-5-31-30(36)26-47-27(22-43-18-14-39-8-6-32-28(34)24-45-20-16-41-12-10-37-2)23-44-19-15-40-9-7-33-29(35)25-46-21-17-42-13-11-38-3/h27H,4-26H2,1-3H3,(H,31,36)(H,32,34)(H,33,35). The van der Waals surface area contributed by atoms with Crippen molar-refractivity contribution in [2.45, 2.75) is 19.4 Å². The molecule has 0 aromatic heterocycles. The van der Waals surface area contributed by atoms with E-state index in [1.54, 1.807) is 14.2 Å². The number of carbonyl (C=O) groups excluding carboxylic acids is 3. The van der Waals surface area contributed by atoms with E-state index in [1.807, 2.05) is 6.92 Å². The summed E-state index contributed by atoms with van der Waals surface area (Å²) in [5, 5.41) is 8.17. The Morgan fingerprint density at radius 3 is 1.26 bits per heavy atom. The molecule has 0 aromatic carbocycles. The molecule has 0 rings (SSSR count). The average Bonchev–Trinajstić information content (AvgIpc) is 3.07. The van der Waals surface area contributed by atoms with Crippen LogP contribution in [0.4, 0.5) is 0 Å². The second kappa shape index (κ2) is 36.8. The van der Waals surface area contributed by atoms with E-state index in [2.05, 4.69) is 16.0 Å². The molecule has 17 heteroatoms. The first kappa shape index (κ1) is 45.0. The number of hydrogen-bond donors (Lipinski definition) is 3. The van der Waals surface area contributed by atoms with E-state index in [9.17, 15) is 14.4 Å². The van der Waals surface area contributed by atoms with Crippen LogP contribution in [0.5, 0.6) is 0 Å². The lowest BCUT2D eigenvalue weighted by atomic mass is 10.4. The Morgan fingerprint density at radius 1 is 0.447 bits per heavy atom. The topological polar surface area (TPSA) is 189 Å². The summed E-state index contributed by atoms with van der Waals surface area (Å²) >= 11 is 0. The quantitative estimate of drug-likeness (QED) is 0.0645. The highest BCUT2D eigenvalue weighted by atomic mass is 16.6. The molecule has 0 fully saturated rings. The lowest BCUT2D eigenvalue weighted by Crippen LogP contribution is -2.34. The van der Waals surface area contributed by atoms with Crippen LogP contribution in [0.3, 0.4) is 0 Å². The third kappa shape index (κ3) is 35.1. The Labute approximate surface area is 279 Å². The normalized spacial score (nSPS) is 11.2. The van der Waals surface area contributed by atoms with Gasteiger partial charge < -0.3 is 68.1 Å². The average molecular weight is 686 g/mol. The third-order valence-electron chi connectivity index (χ3n) is 5.58. The van der Waals surface area contributed by atoms with E-state index in [-0.39, 0.29) is 50.8 Å². The Hall–Kier alpha value is -2.03. The highest BCUT2D eigenvalue weighted by molar-refractivity contribution is 5.77. The van der Waals surface area contributed by atoms with Gasteiger partial charge >= 0.3 is 0 Å². The summed E-state index contributed by atoms with van der Waals surface area (Å²) in [6.45, 7) is 8.69. The Bertz CT molecular complexity index is 677. The maximum Gasteiger partial charge on any atom is 0.246 e. The molecular weight excluding hydrogens is 626 g/mol. The van der Waals surface area contributed by atoms with Crippen LogP contribution in [0, 0.1) is 0 Å². The molecule has 0 spiro atoms. The van der Waals surface area contributed by atoms with Gasteiger partial charge in [0.15, 0.2) is 0 Å². The summed E-state index contributed by atoms with van der Waals surface area (Å²) in [6, 6.07) is 0. The maximum atomic E-state index is 11.9. The molecular formula is C30H59N3O14. The van der Waals surface area contributed by atoms with Crippen molar-refractivity contribution in [2.75, 3.05) is 159 Å². The molecule has 47 heavy (non-hydrogen) atoms. The molecule has 0 aliphatic heterocycles. The number of hydrogen-bond acceptors (Lipinski definition) is 14. The molecule has 17 nitrogen and oxygen atoms in total. The second-order valence-electron chi connectivity index (χ2n) is 9.67. The molecule has 0 atom stereocenters. The van der Waals surface area contributed by atoms with E-state index in [4.69, 9.17) is 52.1 Å².